The summed E-state index contributed by atoms with van der Waals surface area (Å²) in [6, 6.07) is 5.61. The Morgan fingerprint density at radius 3 is 3.05 bits per heavy atom. The second-order valence-electron chi connectivity index (χ2n) is 5.21. The molecule has 1 aromatic heterocycles. The Morgan fingerprint density at radius 1 is 1.58 bits per heavy atom. The number of aromatic nitrogens is 1. The maximum absolute atomic E-state index is 12.0. The molecular formula is C14H21N3O2. The van der Waals surface area contributed by atoms with Gasteiger partial charge >= 0.3 is 6.03 Å². The maximum Gasteiger partial charge on any atom is 0.317 e. The largest absolute Gasteiger partial charge is 0.391 e. The number of hydrogen-bond acceptors (Lipinski definition) is 3. The van der Waals surface area contributed by atoms with E-state index in [4.69, 9.17) is 0 Å². The highest BCUT2D eigenvalue weighted by molar-refractivity contribution is 5.74. The summed E-state index contributed by atoms with van der Waals surface area (Å²) >= 11 is 0. The first kappa shape index (κ1) is 13.8. The summed E-state index contributed by atoms with van der Waals surface area (Å²) in [5.41, 5.74) is 1.79. The Hall–Kier alpha value is -1.62. The highest BCUT2D eigenvalue weighted by Crippen LogP contribution is 2.16. The average Bonchev–Trinajstić information content (AvgIpc) is 2.39. The molecule has 0 spiro atoms. The van der Waals surface area contributed by atoms with Crippen LogP contribution in [0.2, 0.25) is 0 Å². The minimum absolute atomic E-state index is 0.130. The van der Waals surface area contributed by atoms with Crippen molar-refractivity contribution in [3.05, 3.63) is 29.6 Å². The van der Waals surface area contributed by atoms with Crippen LogP contribution in [0.1, 0.15) is 24.7 Å². The standard InChI is InChI=1S/C14H21N3O2/c1-10-6-7-17(9-13(10)18)14(19)15-8-12-5-3-4-11(2)16-12/h3-5,10,13,18H,6-9H2,1-2H3,(H,15,19). The van der Waals surface area contributed by atoms with Crippen molar-refractivity contribution in [3.63, 3.8) is 0 Å². The number of aliphatic hydroxyl groups is 1. The number of urea groups is 1. The molecule has 1 aliphatic heterocycles. The first-order chi connectivity index (χ1) is 9.06. The Labute approximate surface area is 113 Å². The average molecular weight is 263 g/mol. The summed E-state index contributed by atoms with van der Waals surface area (Å²) in [5.74, 6) is 0.266. The molecule has 2 rings (SSSR count). The van der Waals surface area contributed by atoms with Crippen LogP contribution in [-0.2, 0) is 6.54 Å². The molecule has 1 aromatic rings. The van der Waals surface area contributed by atoms with Crippen LogP contribution < -0.4 is 5.32 Å². The number of hydrogen-bond donors (Lipinski definition) is 2. The number of nitrogens with one attached hydrogen (secondary N) is 1. The quantitative estimate of drug-likeness (QED) is 0.845. The molecule has 1 fully saturated rings. The van der Waals surface area contributed by atoms with E-state index in [0.717, 1.165) is 17.8 Å². The first-order valence-electron chi connectivity index (χ1n) is 6.69. The second kappa shape index (κ2) is 6.02. The van der Waals surface area contributed by atoms with E-state index in [1.165, 1.54) is 0 Å². The normalized spacial score (nSPS) is 23.2. The lowest BCUT2D eigenvalue weighted by molar-refractivity contribution is 0.0435. The van der Waals surface area contributed by atoms with Crippen molar-refractivity contribution < 1.29 is 9.90 Å². The minimum atomic E-state index is -0.420. The van der Waals surface area contributed by atoms with Gasteiger partial charge in [-0.05, 0) is 31.4 Å². The number of nitrogens with zero attached hydrogens (tertiary/aromatic N) is 2. The molecule has 1 saturated heterocycles. The van der Waals surface area contributed by atoms with E-state index in [0.29, 0.717) is 19.6 Å². The molecule has 5 nitrogen and oxygen atoms in total. The van der Waals surface area contributed by atoms with Gasteiger partial charge in [-0.2, -0.15) is 0 Å². The van der Waals surface area contributed by atoms with Crippen LogP contribution in [0.4, 0.5) is 4.79 Å². The number of likely N-dealkylation sites (tertiary alicyclic amines) is 1. The number of aryl methyl sites for hydroxylation is 1. The topological polar surface area (TPSA) is 65.5 Å². The Balaban J connectivity index is 1.84. The molecule has 0 bridgehead atoms. The zero-order valence-electron chi connectivity index (χ0n) is 11.5. The lowest BCUT2D eigenvalue weighted by Gasteiger charge is -2.34. The molecule has 1 aliphatic rings. The monoisotopic (exact) mass is 263 g/mol. The van der Waals surface area contributed by atoms with E-state index in [9.17, 15) is 9.90 Å². The summed E-state index contributed by atoms with van der Waals surface area (Å²) in [5, 5.41) is 12.6. The van der Waals surface area contributed by atoms with E-state index in [-0.39, 0.29) is 11.9 Å². The number of rotatable bonds is 2. The molecule has 0 saturated carbocycles. The van der Waals surface area contributed by atoms with Crippen LogP contribution in [-0.4, -0.2) is 40.2 Å². The van der Waals surface area contributed by atoms with Crippen LogP contribution in [0, 0.1) is 12.8 Å². The van der Waals surface area contributed by atoms with Crippen molar-refractivity contribution in [3.8, 4) is 0 Å². The summed E-state index contributed by atoms with van der Waals surface area (Å²) in [6.45, 7) is 5.46. The number of piperidine rings is 1. The molecule has 2 amide bonds. The van der Waals surface area contributed by atoms with E-state index in [2.05, 4.69) is 10.3 Å². The highest BCUT2D eigenvalue weighted by Gasteiger charge is 2.26. The summed E-state index contributed by atoms with van der Waals surface area (Å²) in [4.78, 5) is 18.0. The van der Waals surface area contributed by atoms with Gasteiger partial charge in [-0.3, -0.25) is 4.98 Å². The van der Waals surface area contributed by atoms with E-state index >= 15 is 0 Å². The van der Waals surface area contributed by atoms with Gasteiger partial charge in [-0.25, -0.2) is 4.79 Å². The fourth-order valence-electron chi connectivity index (χ4n) is 2.21. The summed E-state index contributed by atoms with van der Waals surface area (Å²) in [6.07, 6.45) is 0.425. The molecule has 0 aliphatic carbocycles. The van der Waals surface area contributed by atoms with Gasteiger partial charge in [0.1, 0.15) is 0 Å². The Morgan fingerprint density at radius 2 is 2.37 bits per heavy atom. The summed E-state index contributed by atoms with van der Waals surface area (Å²) in [7, 11) is 0. The first-order valence-corrected chi connectivity index (χ1v) is 6.69. The molecule has 0 aromatic carbocycles. The van der Waals surface area contributed by atoms with Crippen molar-refractivity contribution in [1.82, 2.24) is 15.2 Å². The lowest BCUT2D eigenvalue weighted by atomic mass is 9.96. The predicted octanol–water partition coefficient (Wildman–Crippen LogP) is 1.30. The van der Waals surface area contributed by atoms with Gasteiger partial charge < -0.3 is 15.3 Å². The second-order valence-corrected chi connectivity index (χ2v) is 5.21. The van der Waals surface area contributed by atoms with Crippen LogP contribution in [0.15, 0.2) is 18.2 Å². The number of β-amino-alcohol motifs (C(OH)–C–C–N with tert-alkyl or cyclic N) is 1. The van der Waals surface area contributed by atoms with Crippen LogP contribution >= 0.6 is 0 Å². The fraction of sp³-hybridized carbons (Fsp3) is 0.571. The van der Waals surface area contributed by atoms with Crippen molar-refractivity contribution in [2.75, 3.05) is 13.1 Å². The molecule has 0 radical (unpaired) electrons. The molecular weight excluding hydrogens is 242 g/mol. The number of carbonyl (C=O) groups is 1. The van der Waals surface area contributed by atoms with Gasteiger partial charge in [0.2, 0.25) is 0 Å². The van der Waals surface area contributed by atoms with Gasteiger partial charge in [0.15, 0.2) is 0 Å². The zero-order valence-corrected chi connectivity index (χ0v) is 11.5. The number of aliphatic hydroxyl groups excluding tert-OH is 1. The minimum Gasteiger partial charge on any atom is -0.391 e. The third-order valence-corrected chi connectivity index (χ3v) is 3.57. The SMILES string of the molecule is Cc1cccc(CNC(=O)N2CCC(C)C(O)C2)n1. The third kappa shape index (κ3) is 3.67. The lowest BCUT2D eigenvalue weighted by Crippen LogP contribution is -2.49. The molecule has 5 heteroatoms. The van der Waals surface area contributed by atoms with Gasteiger partial charge in [-0.1, -0.05) is 13.0 Å². The predicted molar refractivity (Wildman–Crippen MR) is 72.6 cm³/mol. The van der Waals surface area contributed by atoms with E-state index in [1.54, 1.807) is 4.90 Å². The van der Waals surface area contributed by atoms with Gasteiger partial charge in [-0.15, -0.1) is 0 Å². The fourth-order valence-corrected chi connectivity index (χ4v) is 2.21. The van der Waals surface area contributed by atoms with Crippen LogP contribution in [0.5, 0.6) is 0 Å². The molecule has 2 unspecified atom stereocenters. The highest BCUT2D eigenvalue weighted by atomic mass is 16.3. The Bertz CT molecular complexity index is 450. The smallest absolute Gasteiger partial charge is 0.317 e. The maximum atomic E-state index is 12.0. The molecule has 19 heavy (non-hydrogen) atoms. The van der Waals surface area contributed by atoms with Crippen LogP contribution in [0.3, 0.4) is 0 Å². The number of pyridine rings is 1. The van der Waals surface area contributed by atoms with E-state index in [1.807, 2.05) is 32.0 Å². The Kier molecular flexibility index (Phi) is 4.37. The van der Waals surface area contributed by atoms with Gasteiger partial charge in [0, 0.05) is 18.8 Å². The zero-order chi connectivity index (χ0) is 13.8. The molecule has 2 atom stereocenters. The molecule has 2 heterocycles. The van der Waals surface area contributed by atoms with Gasteiger partial charge in [0.05, 0.1) is 18.3 Å². The van der Waals surface area contributed by atoms with Crippen LogP contribution in [0.25, 0.3) is 0 Å². The van der Waals surface area contributed by atoms with Crippen molar-refractivity contribution in [1.29, 1.82) is 0 Å². The summed E-state index contributed by atoms with van der Waals surface area (Å²) < 4.78 is 0. The molecule has 104 valence electrons. The van der Waals surface area contributed by atoms with Gasteiger partial charge in [0.25, 0.3) is 0 Å². The van der Waals surface area contributed by atoms with Crippen molar-refractivity contribution in [2.24, 2.45) is 5.92 Å². The third-order valence-electron chi connectivity index (χ3n) is 3.57. The van der Waals surface area contributed by atoms with Crippen molar-refractivity contribution >= 4 is 6.03 Å². The molecule has 2 N–H and O–H groups in total. The number of amides is 2. The number of carbonyl (C=O) groups excluding carboxylic acids is 1. The van der Waals surface area contributed by atoms with E-state index < -0.39 is 6.10 Å². The van der Waals surface area contributed by atoms with Crippen molar-refractivity contribution in [2.45, 2.75) is 32.9 Å².